The fraction of sp³-hybridized carbons (Fsp3) is 0.571. The summed E-state index contributed by atoms with van der Waals surface area (Å²) in [7, 11) is 0. The average molecular weight is 396 g/mol. The molecule has 2 amide bonds. The van der Waals surface area contributed by atoms with Gasteiger partial charge < -0.3 is 9.80 Å². The number of aromatic nitrogens is 4. The molecule has 0 aliphatic carbocycles. The molecule has 0 bridgehead atoms. The molecule has 8 heteroatoms. The Balaban J connectivity index is 1.43. The summed E-state index contributed by atoms with van der Waals surface area (Å²) in [5.74, 6) is 1.58. The number of carbonyl (C=O) groups excluding carboxylic acids is 2. The van der Waals surface area contributed by atoms with Crippen LogP contribution in [0.1, 0.15) is 66.4 Å². The van der Waals surface area contributed by atoms with Gasteiger partial charge >= 0.3 is 0 Å². The first kappa shape index (κ1) is 19.5. The average Bonchev–Trinajstić information content (AvgIpc) is 3.36. The summed E-state index contributed by atoms with van der Waals surface area (Å²) in [6.45, 7) is 8.47. The van der Waals surface area contributed by atoms with Crippen LogP contribution in [-0.2, 0) is 24.2 Å². The first-order chi connectivity index (χ1) is 13.9. The number of likely N-dealkylation sites (tertiary alicyclic amines) is 1. The molecule has 1 saturated heterocycles. The number of fused-ring (bicyclic) bond motifs is 1. The SMILES string of the molecule is CC(=O)N1CCC(c2ncc3c(n2)CCN(C(=O)c2cc(CC(C)C)[nH]n2)C3)C1. The van der Waals surface area contributed by atoms with Crippen molar-refractivity contribution < 1.29 is 9.59 Å². The molecule has 0 radical (unpaired) electrons. The number of nitrogens with zero attached hydrogens (tertiary/aromatic N) is 5. The third-order valence-electron chi connectivity index (χ3n) is 5.72. The van der Waals surface area contributed by atoms with Gasteiger partial charge in [0.2, 0.25) is 5.91 Å². The number of amides is 2. The molecule has 1 fully saturated rings. The van der Waals surface area contributed by atoms with Crippen molar-refractivity contribution in [3.05, 3.63) is 40.7 Å². The lowest BCUT2D eigenvalue weighted by Gasteiger charge is -2.28. The Morgan fingerprint density at radius 2 is 2.10 bits per heavy atom. The molecule has 0 saturated carbocycles. The van der Waals surface area contributed by atoms with Crippen LogP contribution in [0, 0.1) is 5.92 Å². The molecular formula is C21H28N6O2. The maximum Gasteiger partial charge on any atom is 0.274 e. The summed E-state index contributed by atoms with van der Waals surface area (Å²) >= 11 is 0. The Labute approximate surface area is 170 Å². The lowest BCUT2D eigenvalue weighted by atomic mass is 10.0. The fourth-order valence-corrected chi connectivity index (χ4v) is 4.14. The summed E-state index contributed by atoms with van der Waals surface area (Å²) in [6.07, 6.45) is 4.34. The van der Waals surface area contributed by atoms with E-state index in [1.165, 1.54) is 0 Å². The van der Waals surface area contributed by atoms with E-state index in [4.69, 9.17) is 4.98 Å². The topological polar surface area (TPSA) is 95.1 Å². The summed E-state index contributed by atoms with van der Waals surface area (Å²) in [5.41, 5.74) is 3.47. The first-order valence-corrected chi connectivity index (χ1v) is 10.3. The van der Waals surface area contributed by atoms with Crippen molar-refractivity contribution in [1.29, 1.82) is 0 Å². The highest BCUT2D eigenvalue weighted by Crippen LogP contribution is 2.26. The molecular weight excluding hydrogens is 368 g/mol. The molecule has 2 aromatic heterocycles. The smallest absolute Gasteiger partial charge is 0.274 e. The van der Waals surface area contributed by atoms with Crippen molar-refractivity contribution in [2.75, 3.05) is 19.6 Å². The monoisotopic (exact) mass is 396 g/mol. The van der Waals surface area contributed by atoms with E-state index in [1.807, 2.05) is 22.1 Å². The van der Waals surface area contributed by atoms with Crippen molar-refractivity contribution in [2.24, 2.45) is 5.92 Å². The van der Waals surface area contributed by atoms with Gasteiger partial charge in [-0.2, -0.15) is 5.10 Å². The van der Waals surface area contributed by atoms with Gasteiger partial charge in [-0.25, -0.2) is 9.97 Å². The molecule has 2 aliphatic rings. The molecule has 29 heavy (non-hydrogen) atoms. The van der Waals surface area contributed by atoms with E-state index in [9.17, 15) is 9.59 Å². The van der Waals surface area contributed by atoms with Gasteiger partial charge in [0, 0.05) is 62.9 Å². The molecule has 2 aliphatic heterocycles. The maximum atomic E-state index is 12.8. The van der Waals surface area contributed by atoms with Crippen molar-refractivity contribution in [3.63, 3.8) is 0 Å². The van der Waals surface area contributed by atoms with E-state index in [1.54, 1.807) is 6.92 Å². The standard InChI is InChI=1S/C21H28N6O2/c1-13(2)8-17-9-19(25-24-17)21(29)27-7-5-18-16(12-27)10-22-20(23-18)15-4-6-26(11-15)14(3)28/h9-10,13,15H,4-8,11-12H2,1-3H3,(H,24,25). The second-order valence-corrected chi connectivity index (χ2v) is 8.50. The Morgan fingerprint density at radius 3 is 2.83 bits per heavy atom. The van der Waals surface area contributed by atoms with E-state index in [0.29, 0.717) is 37.7 Å². The molecule has 2 aromatic rings. The van der Waals surface area contributed by atoms with Crippen LogP contribution < -0.4 is 0 Å². The van der Waals surface area contributed by atoms with Crippen molar-refractivity contribution >= 4 is 11.8 Å². The van der Waals surface area contributed by atoms with E-state index >= 15 is 0 Å². The normalized spacial score (nSPS) is 19.0. The van der Waals surface area contributed by atoms with Gasteiger partial charge in [-0.15, -0.1) is 0 Å². The number of hydrogen-bond donors (Lipinski definition) is 1. The minimum absolute atomic E-state index is 0.0566. The van der Waals surface area contributed by atoms with Gasteiger partial charge in [0.25, 0.3) is 5.91 Å². The van der Waals surface area contributed by atoms with Crippen LogP contribution in [0.2, 0.25) is 0 Å². The van der Waals surface area contributed by atoms with Gasteiger partial charge in [0.05, 0.1) is 5.69 Å². The highest BCUT2D eigenvalue weighted by Gasteiger charge is 2.30. The van der Waals surface area contributed by atoms with Gasteiger partial charge in [0.1, 0.15) is 11.5 Å². The summed E-state index contributed by atoms with van der Waals surface area (Å²) in [6, 6.07) is 1.86. The third kappa shape index (κ3) is 4.16. The predicted molar refractivity (Wildman–Crippen MR) is 107 cm³/mol. The minimum atomic E-state index is -0.0566. The predicted octanol–water partition coefficient (Wildman–Crippen LogP) is 1.93. The van der Waals surface area contributed by atoms with Crippen LogP contribution in [-0.4, -0.2) is 61.4 Å². The Kier molecular flexibility index (Phi) is 5.34. The van der Waals surface area contributed by atoms with Gasteiger partial charge in [-0.1, -0.05) is 13.8 Å². The number of nitrogens with one attached hydrogen (secondary N) is 1. The first-order valence-electron chi connectivity index (χ1n) is 10.3. The van der Waals surface area contributed by atoms with E-state index < -0.39 is 0 Å². The van der Waals surface area contributed by atoms with E-state index in [0.717, 1.165) is 42.2 Å². The third-order valence-corrected chi connectivity index (χ3v) is 5.72. The largest absolute Gasteiger partial charge is 0.342 e. The minimum Gasteiger partial charge on any atom is -0.342 e. The lowest BCUT2D eigenvalue weighted by molar-refractivity contribution is -0.127. The molecule has 1 N–H and O–H groups in total. The van der Waals surface area contributed by atoms with Crippen LogP contribution >= 0.6 is 0 Å². The quantitative estimate of drug-likeness (QED) is 0.852. The van der Waals surface area contributed by atoms with Crippen LogP contribution in [0.3, 0.4) is 0 Å². The highest BCUT2D eigenvalue weighted by molar-refractivity contribution is 5.92. The molecule has 0 spiro atoms. The Morgan fingerprint density at radius 1 is 1.28 bits per heavy atom. The lowest BCUT2D eigenvalue weighted by Crippen LogP contribution is -2.37. The Bertz CT molecular complexity index is 922. The highest BCUT2D eigenvalue weighted by atomic mass is 16.2. The molecule has 154 valence electrons. The number of aromatic amines is 1. The Hall–Kier alpha value is -2.77. The number of carbonyl (C=O) groups is 2. The van der Waals surface area contributed by atoms with Crippen LogP contribution in [0.4, 0.5) is 0 Å². The zero-order chi connectivity index (χ0) is 20.5. The second kappa shape index (κ2) is 7.93. The van der Waals surface area contributed by atoms with E-state index in [-0.39, 0.29) is 17.7 Å². The van der Waals surface area contributed by atoms with Crippen LogP contribution in [0.25, 0.3) is 0 Å². The number of rotatable bonds is 4. The summed E-state index contributed by atoms with van der Waals surface area (Å²) in [4.78, 5) is 37.4. The zero-order valence-corrected chi connectivity index (χ0v) is 17.3. The summed E-state index contributed by atoms with van der Waals surface area (Å²) < 4.78 is 0. The molecule has 4 rings (SSSR count). The summed E-state index contributed by atoms with van der Waals surface area (Å²) in [5, 5.41) is 7.18. The molecule has 4 heterocycles. The molecule has 1 atom stereocenters. The van der Waals surface area contributed by atoms with Crippen molar-refractivity contribution in [1.82, 2.24) is 30.0 Å². The molecule has 0 aromatic carbocycles. The van der Waals surface area contributed by atoms with Gasteiger partial charge in [-0.3, -0.25) is 14.7 Å². The number of hydrogen-bond acceptors (Lipinski definition) is 5. The van der Waals surface area contributed by atoms with E-state index in [2.05, 4.69) is 29.0 Å². The second-order valence-electron chi connectivity index (χ2n) is 8.50. The fourth-order valence-electron chi connectivity index (χ4n) is 4.14. The zero-order valence-electron chi connectivity index (χ0n) is 17.3. The van der Waals surface area contributed by atoms with Crippen molar-refractivity contribution in [2.45, 2.75) is 52.5 Å². The van der Waals surface area contributed by atoms with Crippen LogP contribution in [0.5, 0.6) is 0 Å². The molecule has 1 unspecified atom stereocenters. The van der Waals surface area contributed by atoms with Gasteiger partial charge in [0.15, 0.2) is 0 Å². The van der Waals surface area contributed by atoms with Crippen LogP contribution in [0.15, 0.2) is 12.3 Å². The van der Waals surface area contributed by atoms with Gasteiger partial charge in [-0.05, 0) is 24.8 Å². The number of H-pyrrole nitrogens is 1. The molecule has 8 nitrogen and oxygen atoms in total. The van der Waals surface area contributed by atoms with Crippen molar-refractivity contribution in [3.8, 4) is 0 Å². The maximum absolute atomic E-state index is 12.8.